The van der Waals surface area contributed by atoms with Crippen molar-refractivity contribution in [1.82, 2.24) is 41.9 Å². The van der Waals surface area contributed by atoms with Gasteiger partial charge in [-0.05, 0) is 145 Å². The zero-order chi connectivity index (χ0) is 94.7. The number of hydrogen-bond acceptors (Lipinski definition) is 27. The molecule has 0 spiro atoms. The molecular formula is C92H142N8O30. The number of carbonyl (C=O) groups is 15. The van der Waals surface area contributed by atoms with E-state index in [0.717, 1.165) is 82.7 Å². The topological polar surface area (TPSA) is 550 Å². The third kappa shape index (κ3) is 63.0. The lowest BCUT2D eigenvalue weighted by molar-refractivity contribution is -0.144. The van der Waals surface area contributed by atoms with Crippen LogP contribution in [0.5, 0.6) is 11.5 Å². The molecule has 0 aliphatic heterocycles. The SMILES string of the molecule is O=C(CCCOCCOCC(=O)NCCOCCOCC(=O)NCCCC[C@H](CCC(=O)[C@H](CCCCNC(=O)COCCOCCCC(=O)COCCOCCNC(=O)CC[C@H](CC(=O)CCCCCCCCCOc1ccc(C(=O)O)cc1)C(=O)O)NCC(=O)CCc1cnc[nH]1)C(=O)O)CC[C@H](NC(=O)CCCCCCCCCOc1ccc(C(=O)O)cc1)C(=O)O. The van der Waals surface area contributed by atoms with E-state index in [1.54, 1.807) is 30.5 Å². The van der Waals surface area contributed by atoms with Crippen molar-refractivity contribution >= 4 is 88.3 Å². The molecule has 0 unspecified atom stereocenters. The van der Waals surface area contributed by atoms with Crippen molar-refractivity contribution in [2.24, 2.45) is 11.8 Å². The lowest BCUT2D eigenvalue weighted by atomic mass is 9.93. The number of amides is 5. The molecule has 38 heteroatoms. The summed E-state index contributed by atoms with van der Waals surface area (Å²) in [5.41, 5.74) is 1.19. The summed E-state index contributed by atoms with van der Waals surface area (Å²) in [6.45, 7) is 3.23. The summed E-state index contributed by atoms with van der Waals surface area (Å²) < 4.78 is 54.8. The van der Waals surface area contributed by atoms with E-state index < -0.39 is 53.8 Å². The van der Waals surface area contributed by atoms with Gasteiger partial charge in [0.2, 0.25) is 29.5 Å². The molecule has 130 heavy (non-hydrogen) atoms. The summed E-state index contributed by atoms with van der Waals surface area (Å²) in [6, 6.07) is 10.6. The second-order valence-corrected chi connectivity index (χ2v) is 31.5. The lowest BCUT2D eigenvalue weighted by Gasteiger charge is -2.19. The fourth-order valence-corrected chi connectivity index (χ4v) is 13.2. The highest BCUT2D eigenvalue weighted by Gasteiger charge is 2.26. The number of hydrogen-bond donors (Lipinski definition) is 12. The Balaban J connectivity index is 1.12. The number of carbonyl (C=O) groups excluding carboxylic acids is 10. The number of benzene rings is 2. The van der Waals surface area contributed by atoms with Crippen molar-refractivity contribution < 1.29 is 145 Å². The molecule has 0 bridgehead atoms. The van der Waals surface area contributed by atoms with Crippen LogP contribution < -0.4 is 41.4 Å². The van der Waals surface area contributed by atoms with Gasteiger partial charge in [-0.25, -0.2) is 19.4 Å². The van der Waals surface area contributed by atoms with Crippen LogP contribution in [0, 0.1) is 11.8 Å². The zero-order valence-corrected chi connectivity index (χ0v) is 75.5. The zero-order valence-electron chi connectivity index (χ0n) is 75.5. The van der Waals surface area contributed by atoms with E-state index in [-0.39, 0.29) is 285 Å². The number of aromatic nitrogens is 2. The molecule has 3 aromatic rings. The minimum atomic E-state index is -1.21. The Morgan fingerprint density at radius 3 is 1.25 bits per heavy atom. The van der Waals surface area contributed by atoms with Gasteiger partial charge in [-0.15, -0.1) is 0 Å². The first-order valence-corrected chi connectivity index (χ1v) is 45.8. The first kappa shape index (κ1) is 114. The molecule has 2 aromatic carbocycles. The number of nitrogens with one attached hydrogen (secondary N) is 7. The summed E-state index contributed by atoms with van der Waals surface area (Å²) >= 11 is 0. The predicted molar refractivity (Wildman–Crippen MR) is 474 cm³/mol. The number of Topliss-reactive ketones (excluding diaryl/α,β-unsaturated/α-hetero) is 5. The number of carboxylic acid groups (broad SMARTS) is 5. The molecule has 5 amide bonds. The monoisotopic (exact) mass is 1840 g/mol. The quantitative estimate of drug-likeness (QED) is 0.0237. The molecule has 0 saturated carbocycles. The fraction of sp³-hybridized carbons (Fsp3) is 0.674. The fourth-order valence-electron chi connectivity index (χ4n) is 13.2. The van der Waals surface area contributed by atoms with Gasteiger partial charge in [-0.1, -0.05) is 70.6 Å². The minimum absolute atomic E-state index is 0.0120. The van der Waals surface area contributed by atoms with E-state index in [0.29, 0.717) is 95.3 Å². The minimum Gasteiger partial charge on any atom is -0.494 e. The van der Waals surface area contributed by atoms with Gasteiger partial charge in [0.15, 0.2) is 5.78 Å². The smallest absolute Gasteiger partial charge is 0.335 e. The van der Waals surface area contributed by atoms with E-state index in [9.17, 15) is 87.2 Å². The Bertz CT molecular complexity index is 3700. The third-order valence-electron chi connectivity index (χ3n) is 20.6. The molecule has 38 nitrogen and oxygen atoms in total. The Morgan fingerprint density at radius 1 is 0.323 bits per heavy atom. The molecular weight excluding hydrogens is 1700 g/mol. The van der Waals surface area contributed by atoms with Gasteiger partial charge in [0, 0.05) is 109 Å². The average molecular weight is 1840 g/mol. The van der Waals surface area contributed by atoms with Crippen LogP contribution in [0.25, 0.3) is 0 Å². The first-order valence-electron chi connectivity index (χ1n) is 45.8. The van der Waals surface area contributed by atoms with E-state index in [1.165, 1.54) is 30.6 Å². The standard InChI is InChI=1S/C92H142N8O30/c101-74(35-40-81(92(119)120)100-84(107)26-12-8-4-2-6-10-18-50-130-79-38-29-71(30-39-79)90(115)116)23-19-47-121-53-59-127-67-87(110)97-46-52-124-56-60-128-66-85(108)94-43-15-13-21-69(88(111)112)31-41-82(105)80(98-63-76(103)34-33-73-62-93-68-99-73)25-14-16-44-95-86(109)65-126-58-54-122-48-20-24-77(104)64-125-57-55-123-51-45-96-83(106)42-32-72(91(117)118)61-75(102)22-11-7-3-1-5-9-17-49-129-78-36-27-70(28-37-78)89(113)114/h27-30,36-39,62,68-69,72,80-81,98H,1-26,31-35,40-61,63-67H2,(H,93,99)(H,94,108)(H,95,109)(H,96,106)(H,97,110)(H,100,107)(H,111,112)(H,113,114)(H,115,116)(H,117,118)(H,119,120)/t69-,72-,80+,81+/m1/s1. The number of aromatic carboxylic acids is 2. The van der Waals surface area contributed by atoms with Gasteiger partial charge >= 0.3 is 29.8 Å². The average Bonchev–Trinajstić information content (AvgIpc) is 1.13. The van der Waals surface area contributed by atoms with Crippen LogP contribution in [0.3, 0.4) is 0 Å². The van der Waals surface area contributed by atoms with Crippen LogP contribution in [0.15, 0.2) is 61.1 Å². The summed E-state index contributed by atoms with van der Waals surface area (Å²) in [5, 5.41) is 63.8. The summed E-state index contributed by atoms with van der Waals surface area (Å²) in [6.07, 6.45) is 20.4. The van der Waals surface area contributed by atoms with Crippen LogP contribution in [0.1, 0.15) is 245 Å². The van der Waals surface area contributed by atoms with Crippen LogP contribution in [-0.2, 0) is 107 Å². The number of ether oxygens (including phenoxy) is 10. The van der Waals surface area contributed by atoms with Crippen molar-refractivity contribution in [3.05, 3.63) is 77.9 Å². The van der Waals surface area contributed by atoms with Gasteiger partial charge < -0.3 is 110 Å². The Kier molecular flexibility index (Phi) is 66.4. The van der Waals surface area contributed by atoms with Crippen molar-refractivity contribution in [2.45, 2.75) is 237 Å². The number of carboxylic acids is 5. The first-order chi connectivity index (χ1) is 62.9. The second-order valence-electron chi connectivity index (χ2n) is 31.5. The highest BCUT2D eigenvalue weighted by atomic mass is 16.5. The van der Waals surface area contributed by atoms with Crippen molar-refractivity contribution in [3.63, 3.8) is 0 Å². The molecule has 0 fully saturated rings. The van der Waals surface area contributed by atoms with Crippen molar-refractivity contribution in [1.29, 1.82) is 0 Å². The Labute approximate surface area is 761 Å². The molecule has 0 aliphatic rings. The second kappa shape index (κ2) is 75.6. The number of rotatable bonds is 90. The molecule has 12 N–H and O–H groups in total. The van der Waals surface area contributed by atoms with E-state index in [1.807, 2.05) is 0 Å². The molecule has 4 atom stereocenters. The van der Waals surface area contributed by atoms with Gasteiger partial charge in [-0.3, -0.25) is 57.5 Å². The van der Waals surface area contributed by atoms with Gasteiger partial charge in [0.05, 0.1) is 121 Å². The number of nitrogens with zero attached hydrogens (tertiary/aromatic N) is 1. The van der Waals surface area contributed by atoms with Crippen LogP contribution in [0.4, 0.5) is 0 Å². The van der Waals surface area contributed by atoms with Crippen LogP contribution in [-0.4, -0.2) is 288 Å². The van der Waals surface area contributed by atoms with E-state index in [2.05, 4.69) is 41.9 Å². The Morgan fingerprint density at radius 2 is 0.762 bits per heavy atom. The maximum absolute atomic E-state index is 13.6. The maximum Gasteiger partial charge on any atom is 0.335 e. The summed E-state index contributed by atoms with van der Waals surface area (Å²) in [7, 11) is 0. The molecule has 0 radical (unpaired) electrons. The lowest BCUT2D eigenvalue weighted by Crippen LogP contribution is -2.41. The molecule has 1 heterocycles. The van der Waals surface area contributed by atoms with Gasteiger partial charge in [-0.2, -0.15) is 0 Å². The van der Waals surface area contributed by atoms with E-state index in [4.69, 9.17) is 57.6 Å². The normalized spacial score (nSPS) is 12.1. The number of aromatic amines is 1. The van der Waals surface area contributed by atoms with Crippen molar-refractivity contribution in [3.8, 4) is 11.5 Å². The molecule has 1 aromatic heterocycles. The molecule has 0 aliphatic carbocycles. The summed E-state index contributed by atoms with van der Waals surface area (Å²) in [5.74, 6) is -8.52. The molecule has 730 valence electrons. The van der Waals surface area contributed by atoms with E-state index >= 15 is 0 Å². The number of imidazole rings is 1. The largest absolute Gasteiger partial charge is 0.494 e. The van der Waals surface area contributed by atoms with Gasteiger partial charge in [0.25, 0.3) is 0 Å². The number of aryl methyl sites for hydroxylation is 1. The third-order valence-corrected chi connectivity index (χ3v) is 20.6. The number of aliphatic carboxylic acids is 3. The number of H-pyrrole nitrogens is 1. The Hall–Kier alpha value is -10.1. The molecule has 3 rings (SSSR count). The van der Waals surface area contributed by atoms with Crippen LogP contribution >= 0.6 is 0 Å². The highest BCUT2D eigenvalue weighted by molar-refractivity contribution is 5.89. The maximum atomic E-state index is 13.6. The van der Waals surface area contributed by atoms with Gasteiger partial charge in [0.1, 0.15) is 67.1 Å². The molecule has 0 saturated heterocycles. The predicted octanol–water partition coefficient (Wildman–Crippen LogP) is 8.14. The van der Waals surface area contributed by atoms with Crippen LogP contribution in [0.2, 0.25) is 0 Å². The number of ketones is 5. The highest BCUT2D eigenvalue weighted by Crippen LogP contribution is 2.21. The van der Waals surface area contributed by atoms with Crippen molar-refractivity contribution in [2.75, 3.05) is 152 Å². The number of unbranched alkanes of at least 4 members (excludes halogenated alkanes) is 14. The summed E-state index contributed by atoms with van der Waals surface area (Å²) in [4.78, 5) is 191.